The summed E-state index contributed by atoms with van der Waals surface area (Å²) in [5, 5.41) is 0. The molecule has 0 saturated heterocycles. The zero-order valence-corrected chi connectivity index (χ0v) is 8.53. The van der Waals surface area contributed by atoms with Gasteiger partial charge in [0.2, 0.25) is 0 Å². The number of hydrazine groups is 1. The average molecular weight is 212 g/mol. The molecule has 0 aliphatic carbocycles. The molecule has 14 heavy (non-hydrogen) atoms. The Morgan fingerprint density at radius 2 is 1.86 bits per heavy atom. The van der Waals surface area contributed by atoms with Crippen LogP contribution in [0.3, 0.4) is 0 Å². The Morgan fingerprint density at radius 1 is 1.21 bits per heavy atom. The smallest absolute Gasteiger partial charge is 0.271 e. The largest absolute Gasteiger partial charge is 0.390 e. The van der Waals surface area contributed by atoms with Gasteiger partial charge < -0.3 is 0 Å². The van der Waals surface area contributed by atoms with E-state index in [0.717, 1.165) is 25.7 Å². The first-order valence-corrected chi connectivity index (χ1v) is 5.02. The summed E-state index contributed by atoms with van der Waals surface area (Å²) >= 11 is 0. The lowest BCUT2D eigenvalue weighted by molar-refractivity contribution is -0.140. The molecule has 0 radical (unpaired) electrons. The van der Waals surface area contributed by atoms with Crippen LogP contribution >= 0.6 is 0 Å². The first-order chi connectivity index (χ1) is 6.49. The Bertz CT molecular complexity index is 137. The molecule has 0 aromatic carbocycles. The molecule has 0 amide bonds. The molecule has 1 atom stereocenters. The van der Waals surface area contributed by atoms with Gasteiger partial charge in [-0.2, -0.15) is 13.2 Å². The molecule has 0 spiro atoms. The molecule has 0 bridgehead atoms. The zero-order chi connectivity index (χ0) is 11.0. The van der Waals surface area contributed by atoms with E-state index in [4.69, 9.17) is 5.84 Å². The van der Waals surface area contributed by atoms with Crippen molar-refractivity contribution >= 4 is 0 Å². The molecule has 0 saturated carbocycles. The molecule has 0 aromatic rings. The van der Waals surface area contributed by atoms with Crippen LogP contribution in [0.5, 0.6) is 0 Å². The fourth-order valence-corrected chi connectivity index (χ4v) is 1.34. The molecule has 2 nitrogen and oxygen atoms in total. The lowest BCUT2D eigenvalue weighted by Crippen LogP contribution is -2.38. The molecule has 0 aromatic heterocycles. The van der Waals surface area contributed by atoms with Crippen LogP contribution in [0.15, 0.2) is 0 Å². The Kier molecular flexibility index (Phi) is 6.92. The fraction of sp³-hybridized carbons (Fsp3) is 1.00. The summed E-state index contributed by atoms with van der Waals surface area (Å²) in [6.07, 6.45) is -0.526. The molecule has 0 fully saturated rings. The second kappa shape index (κ2) is 7.06. The van der Waals surface area contributed by atoms with Crippen LogP contribution in [0.2, 0.25) is 0 Å². The van der Waals surface area contributed by atoms with E-state index >= 15 is 0 Å². The van der Waals surface area contributed by atoms with E-state index in [-0.39, 0.29) is 0 Å². The fourth-order valence-electron chi connectivity index (χ4n) is 1.34. The summed E-state index contributed by atoms with van der Waals surface area (Å²) in [6.45, 7) is 2.06. The first-order valence-electron chi connectivity index (χ1n) is 5.02. The monoisotopic (exact) mass is 212 g/mol. The van der Waals surface area contributed by atoms with Crippen LogP contribution in [-0.4, -0.2) is 12.2 Å². The van der Waals surface area contributed by atoms with Gasteiger partial charge >= 0.3 is 6.18 Å². The molecule has 0 heterocycles. The van der Waals surface area contributed by atoms with Crippen LogP contribution in [0.25, 0.3) is 0 Å². The normalized spacial score (nSPS) is 14.4. The minimum atomic E-state index is -4.12. The van der Waals surface area contributed by atoms with Crippen LogP contribution in [0.4, 0.5) is 13.2 Å². The van der Waals surface area contributed by atoms with Gasteiger partial charge in [0.15, 0.2) is 0 Å². The van der Waals surface area contributed by atoms with Crippen molar-refractivity contribution in [1.82, 2.24) is 5.43 Å². The van der Waals surface area contributed by atoms with Crippen LogP contribution < -0.4 is 11.3 Å². The van der Waals surface area contributed by atoms with Gasteiger partial charge in [-0.15, -0.1) is 0 Å². The summed E-state index contributed by atoms with van der Waals surface area (Å²) in [5.74, 6) is 5.04. The molecule has 0 rings (SSSR count). The number of hydrogen-bond donors (Lipinski definition) is 2. The number of hydrogen-bond acceptors (Lipinski definition) is 2. The number of unbranched alkanes of at least 4 members (excludes halogenated alkanes) is 3. The van der Waals surface area contributed by atoms with E-state index in [9.17, 15) is 13.2 Å². The highest BCUT2D eigenvalue weighted by molar-refractivity contribution is 4.68. The van der Waals surface area contributed by atoms with E-state index in [0.29, 0.717) is 6.42 Å². The van der Waals surface area contributed by atoms with Crippen molar-refractivity contribution in [2.24, 2.45) is 5.84 Å². The van der Waals surface area contributed by atoms with Crippen molar-refractivity contribution in [3.63, 3.8) is 0 Å². The predicted molar refractivity (Wildman–Crippen MR) is 50.5 cm³/mol. The quantitative estimate of drug-likeness (QED) is 0.387. The predicted octanol–water partition coefficient (Wildman–Crippen LogP) is 2.74. The van der Waals surface area contributed by atoms with E-state index in [1.54, 1.807) is 0 Å². The number of nitrogens with two attached hydrogens (primary N) is 1. The minimum Gasteiger partial charge on any atom is -0.271 e. The van der Waals surface area contributed by atoms with Crippen molar-refractivity contribution in [2.45, 2.75) is 57.7 Å². The van der Waals surface area contributed by atoms with E-state index < -0.39 is 18.6 Å². The number of nitrogens with one attached hydrogen (secondary N) is 1. The lowest BCUT2D eigenvalue weighted by atomic mass is 10.1. The van der Waals surface area contributed by atoms with E-state index in [1.165, 1.54) is 0 Å². The van der Waals surface area contributed by atoms with Gasteiger partial charge in [-0.05, 0) is 6.42 Å². The van der Waals surface area contributed by atoms with Crippen molar-refractivity contribution in [3.8, 4) is 0 Å². The van der Waals surface area contributed by atoms with E-state index in [2.05, 4.69) is 12.3 Å². The summed E-state index contributed by atoms with van der Waals surface area (Å²) in [7, 11) is 0. The minimum absolute atomic E-state index is 0.496. The van der Waals surface area contributed by atoms with Gasteiger partial charge in [-0.25, -0.2) is 0 Å². The zero-order valence-electron chi connectivity index (χ0n) is 8.53. The van der Waals surface area contributed by atoms with Gasteiger partial charge in [0, 0.05) is 6.04 Å². The standard InChI is InChI=1S/C9H19F3N2/c1-2-3-4-5-6-8(14-13)7-9(10,11)12/h8,14H,2-7,13H2,1H3. The highest BCUT2D eigenvalue weighted by Crippen LogP contribution is 2.23. The molecule has 86 valence electrons. The Balaban J connectivity index is 3.58. The molecule has 0 aliphatic rings. The molecular weight excluding hydrogens is 193 g/mol. The van der Waals surface area contributed by atoms with Crippen molar-refractivity contribution in [3.05, 3.63) is 0 Å². The summed E-state index contributed by atoms with van der Waals surface area (Å²) in [5.41, 5.74) is 2.22. The molecule has 5 heteroatoms. The number of alkyl halides is 3. The highest BCUT2D eigenvalue weighted by atomic mass is 19.4. The molecule has 1 unspecified atom stereocenters. The summed E-state index contributed by atoms with van der Waals surface area (Å²) < 4.78 is 35.9. The topological polar surface area (TPSA) is 38.0 Å². The summed E-state index contributed by atoms with van der Waals surface area (Å²) in [4.78, 5) is 0. The van der Waals surface area contributed by atoms with Crippen LogP contribution in [0.1, 0.15) is 45.4 Å². The maximum absolute atomic E-state index is 12.0. The molecule has 3 N–H and O–H groups in total. The SMILES string of the molecule is CCCCCCC(CC(F)(F)F)NN. The average Bonchev–Trinajstić information content (AvgIpc) is 2.08. The van der Waals surface area contributed by atoms with Crippen molar-refractivity contribution in [2.75, 3.05) is 0 Å². The Hall–Kier alpha value is -0.290. The van der Waals surface area contributed by atoms with Crippen molar-refractivity contribution < 1.29 is 13.2 Å². The van der Waals surface area contributed by atoms with Gasteiger partial charge in [0.1, 0.15) is 0 Å². The second-order valence-corrected chi connectivity index (χ2v) is 3.53. The highest BCUT2D eigenvalue weighted by Gasteiger charge is 2.30. The van der Waals surface area contributed by atoms with Gasteiger partial charge in [0.25, 0.3) is 0 Å². The Labute approximate surface area is 83.0 Å². The third-order valence-corrected chi connectivity index (χ3v) is 2.12. The van der Waals surface area contributed by atoms with Crippen molar-refractivity contribution in [1.29, 1.82) is 0 Å². The van der Waals surface area contributed by atoms with Gasteiger partial charge in [0.05, 0.1) is 6.42 Å². The number of halogens is 3. The maximum Gasteiger partial charge on any atom is 0.390 e. The van der Waals surface area contributed by atoms with Crippen LogP contribution in [0, 0.1) is 0 Å². The number of rotatable bonds is 7. The lowest BCUT2D eigenvalue weighted by Gasteiger charge is -2.17. The third kappa shape index (κ3) is 8.31. The molecular formula is C9H19F3N2. The molecule has 0 aliphatic heterocycles. The van der Waals surface area contributed by atoms with Gasteiger partial charge in [-0.3, -0.25) is 11.3 Å². The van der Waals surface area contributed by atoms with E-state index in [1.807, 2.05) is 0 Å². The summed E-state index contributed by atoms with van der Waals surface area (Å²) in [6, 6.07) is -0.633. The third-order valence-electron chi connectivity index (χ3n) is 2.12. The van der Waals surface area contributed by atoms with Gasteiger partial charge in [-0.1, -0.05) is 32.6 Å². The maximum atomic E-state index is 12.0. The van der Waals surface area contributed by atoms with Crippen LogP contribution in [-0.2, 0) is 0 Å². The Morgan fingerprint density at radius 3 is 2.29 bits per heavy atom. The second-order valence-electron chi connectivity index (χ2n) is 3.53. The first kappa shape index (κ1) is 13.7.